The first kappa shape index (κ1) is 16.4. The van der Waals surface area contributed by atoms with Crippen LogP contribution in [0.5, 0.6) is 0 Å². The summed E-state index contributed by atoms with van der Waals surface area (Å²) in [6.07, 6.45) is 8.88. The summed E-state index contributed by atoms with van der Waals surface area (Å²) in [5, 5.41) is 3.77. The van der Waals surface area contributed by atoms with Crippen LogP contribution in [-0.4, -0.2) is 35.6 Å². The van der Waals surface area contributed by atoms with E-state index in [9.17, 15) is 0 Å². The summed E-state index contributed by atoms with van der Waals surface area (Å²) in [4.78, 5) is 6.64. The minimum absolute atomic E-state index is 0.460. The molecule has 0 saturated heterocycles. The van der Waals surface area contributed by atoms with E-state index < -0.39 is 0 Å². The van der Waals surface area contributed by atoms with Crippen LogP contribution in [0.3, 0.4) is 0 Å². The van der Waals surface area contributed by atoms with E-state index in [4.69, 9.17) is 0 Å². The zero-order chi connectivity index (χ0) is 15.3. The molecule has 1 aliphatic carbocycles. The monoisotopic (exact) mass is 289 g/mol. The van der Waals surface area contributed by atoms with Crippen LogP contribution >= 0.6 is 0 Å². The molecular weight excluding hydrogens is 258 g/mol. The molecule has 2 atom stereocenters. The predicted molar refractivity (Wildman–Crippen MR) is 89.2 cm³/mol. The Morgan fingerprint density at radius 3 is 2.71 bits per heavy atom. The first-order valence-corrected chi connectivity index (χ1v) is 8.34. The maximum absolute atomic E-state index is 4.11. The second-order valence-electron chi connectivity index (χ2n) is 7.31. The Bertz CT molecular complexity index is 416. The number of hydrogen-bond acceptors (Lipinski definition) is 3. The Morgan fingerprint density at radius 1 is 1.33 bits per heavy atom. The lowest BCUT2D eigenvalue weighted by molar-refractivity contribution is 0.0775. The first-order valence-electron chi connectivity index (χ1n) is 8.34. The quantitative estimate of drug-likeness (QED) is 0.869. The molecule has 1 aliphatic rings. The highest BCUT2D eigenvalue weighted by Gasteiger charge is 2.36. The second-order valence-corrected chi connectivity index (χ2v) is 7.31. The Hall–Kier alpha value is -0.930. The van der Waals surface area contributed by atoms with E-state index in [0.717, 1.165) is 13.1 Å². The van der Waals surface area contributed by atoms with Crippen LogP contribution < -0.4 is 5.32 Å². The van der Waals surface area contributed by atoms with Gasteiger partial charge in [-0.2, -0.15) is 0 Å². The summed E-state index contributed by atoms with van der Waals surface area (Å²) in [5.74, 6) is 0. The minimum Gasteiger partial charge on any atom is -0.312 e. The maximum Gasteiger partial charge on any atom is 0.0271 e. The van der Waals surface area contributed by atoms with Gasteiger partial charge in [-0.25, -0.2) is 0 Å². The van der Waals surface area contributed by atoms with Gasteiger partial charge in [-0.3, -0.25) is 9.88 Å². The molecule has 0 bridgehead atoms. The maximum atomic E-state index is 4.11. The minimum atomic E-state index is 0.460. The summed E-state index contributed by atoms with van der Waals surface area (Å²) in [5.41, 5.74) is 1.81. The molecule has 0 aromatic carbocycles. The van der Waals surface area contributed by atoms with E-state index in [0.29, 0.717) is 17.5 Å². The lowest BCUT2D eigenvalue weighted by Gasteiger charge is -2.45. The molecule has 0 radical (unpaired) electrons. The molecule has 1 heterocycles. The number of likely N-dealkylation sites (N-methyl/N-ethyl adjacent to an activating group) is 1. The Labute approximate surface area is 130 Å². The molecule has 1 aromatic rings. The molecule has 1 saturated carbocycles. The van der Waals surface area contributed by atoms with Gasteiger partial charge < -0.3 is 5.32 Å². The van der Waals surface area contributed by atoms with Crippen molar-refractivity contribution in [3.8, 4) is 0 Å². The lowest BCUT2D eigenvalue weighted by Crippen LogP contribution is -2.53. The van der Waals surface area contributed by atoms with Crippen LogP contribution in [0.15, 0.2) is 24.5 Å². The van der Waals surface area contributed by atoms with Crippen molar-refractivity contribution in [2.75, 3.05) is 13.6 Å². The summed E-state index contributed by atoms with van der Waals surface area (Å²) < 4.78 is 0. The topological polar surface area (TPSA) is 28.2 Å². The van der Waals surface area contributed by atoms with Gasteiger partial charge in [0, 0.05) is 31.0 Å². The van der Waals surface area contributed by atoms with Crippen molar-refractivity contribution in [1.82, 2.24) is 15.2 Å². The van der Waals surface area contributed by atoms with Crippen LogP contribution in [-0.2, 0) is 6.54 Å². The molecule has 1 N–H and O–H groups in total. The van der Waals surface area contributed by atoms with Crippen molar-refractivity contribution in [2.24, 2.45) is 5.41 Å². The van der Waals surface area contributed by atoms with Crippen LogP contribution in [0.1, 0.15) is 52.0 Å². The van der Waals surface area contributed by atoms with E-state index >= 15 is 0 Å². The number of pyridine rings is 1. The fraction of sp³-hybridized carbons (Fsp3) is 0.722. The average Bonchev–Trinajstić information content (AvgIpc) is 2.46. The highest BCUT2D eigenvalue weighted by molar-refractivity contribution is 5.10. The molecule has 21 heavy (non-hydrogen) atoms. The molecule has 1 aromatic heterocycles. The van der Waals surface area contributed by atoms with E-state index in [1.165, 1.54) is 31.2 Å². The molecule has 0 spiro atoms. The van der Waals surface area contributed by atoms with Gasteiger partial charge in [0.15, 0.2) is 0 Å². The summed E-state index contributed by atoms with van der Waals surface area (Å²) in [6.45, 7) is 9.21. The van der Waals surface area contributed by atoms with Crippen LogP contribution in [0.2, 0.25) is 0 Å². The van der Waals surface area contributed by atoms with Gasteiger partial charge in [0.25, 0.3) is 0 Å². The normalized spacial score (nSPS) is 25.2. The molecule has 3 heteroatoms. The molecule has 118 valence electrons. The SMILES string of the molecule is CCCNC1CCC(C)(C)CC1N(C)Cc1ccncc1. The number of rotatable bonds is 6. The number of aromatic nitrogens is 1. The number of hydrogen-bond donors (Lipinski definition) is 1. The molecule has 0 amide bonds. The molecule has 2 unspecified atom stereocenters. The molecule has 1 fully saturated rings. The summed E-state index contributed by atoms with van der Waals surface area (Å²) >= 11 is 0. The summed E-state index contributed by atoms with van der Waals surface area (Å²) in [6, 6.07) is 5.50. The van der Waals surface area contributed by atoms with Gasteiger partial charge in [-0.15, -0.1) is 0 Å². The second kappa shape index (κ2) is 7.37. The zero-order valence-electron chi connectivity index (χ0n) is 14.1. The van der Waals surface area contributed by atoms with Gasteiger partial charge in [0.1, 0.15) is 0 Å². The fourth-order valence-corrected chi connectivity index (χ4v) is 3.47. The largest absolute Gasteiger partial charge is 0.312 e. The van der Waals surface area contributed by atoms with Crippen LogP contribution in [0, 0.1) is 5.41 Å². The smallest absolute Gasteiger partial charge is 0.0271 e. The molecule has 2 rings (SSSR count). The fourth-order valence-electron chi connectivity index (χ4n) is 3.47. The third kappa shape index (κ3) is 4.79. The van der Waals surface area contributed by atoms with E-state index in [1.807, 2.05) is 12.4 Å². The van der Waals surface area contributed by atoms with Crippen LogP contribution in [0.25, 0.3) is 0 Å². The van der Waals surface area contributed by atoms with Gasteiger partial charge in [0.2, 0.25) is 0 Å². The van der Waals surface area contributed by atoms with Crippen LogP contribution in [0.4, 0.5) is 0 Å². The third-order valence-corrected chi connectivity index (χ3v) is 4.76. The third-order valence-electron chi connectivity index (χ3n) is 4.76. The van der Waals surface area contributed by atoms with Gasteiger partial charge in [-0.05, 0) is 62.4 Å². The standard InChI is InChI=1S/C18H31N3/c1-5-10-20-16-6-9-18(2,3)13-17(16)21(4)14-15-7-11-19-12-8-15/h7-8,11-12,16-17,20H,5-6,9-10,13-14H2,1-4H3. The predicted octanol–water partition coefficient (Wildman–Crippen LogP) is 3.46. The average molecular weight is 289 g/mol. The molecular formula is C18H31N3. The van der Waals surface area contributed by atoms with Gasteiger partial charge in [0.05, 0.1) is 0 Å². The van der Waals surface area contributed by atoms with Gasteiger partial charge >= 0.3 is 0 Å². The van der Waals surface area contributed by atoms with Crippen molar-refractivity contribution in [3.63, 3.8) is 0 Å². The summed E-state index contributed by atoms with van der Waals surface area (Å²) in [7, 11) is 2.27. The lowest BCUT2D eigenvalue weighted by atomic mass is 9.72. The number of nitrogens with one attached hydrogen (secondary N) is 1. The highest BCUT2D eigenvalue weighted by atomic mass is 15.2. The first-order chi connectivity index (χ1) is 10.0. The van der Waals surface area contributed by atoms with Crippen molar-refractivity contribution < 1.29 is 0 Å². The zero-order valence-corrected chi connectivity index (χ0v) is 14.1. The molecule has 3 nitrogen and oxygen atoms in total. The van der Waals surface area contributed by atoms with Crippen molar-refractivity contribution in [1.29, 1.82) is 0 Å². The van der Waals surface area contributed by atoms with E-state index in [1.54, 1.807) is 0 Å². The van der Waals surface area contributed by atoms with Crippen molar-refractivity contribution >= 4 is 0 Å². The van der Waals surface area contributed by atoms with Gasteiger partial charge in [-0.1, -0.05) is 20.8 Å². The van der Waals surface area contributed by atoms with E-state index in [2.05, 4.69) is 55.2 Å². The Morgan fingerprint density at radius 2 is 2.05 bits per heavy atom. The number of nitrogens with zero attached hydrogens (tertiary/aromatic N) is 2. The van der Waals surface area contributed by atoms with Crippen molar-refractivity contribution in [3.05, 3.63) is 30.1 Å². The van der Waals surface area contributed by atoms with Crippen molar-refractivity contribution in [2.45, 2.75) is 65.1 Å². The highest BCUT2D eigenvalue weighted by Crippen LogP contribution is 2.37. The van der Waals surface area contributed by atoms with E-state index in [-0.39, 0.29) is 0 Å². The Kier molecular flexibility index (Phi) is 5.77. The Balaban J connectivity index is 2.03. The molecule has 0 aliphatic heterocycles.